The fraction of sp³-hybridized carbons (Fsp3) is 0.818. The van der Waals surface area contributed by atoms with Crippen LogP contribution in [0, 0.1) is 17.3 Å². The van der Waals surface area contributed by atoms with Crippen molar-refractivity contribution in [2.75, 3.05) is 6.54 Å². The summed E-state index contributed by atoms with van der Waals surface area (Å²) < 4.78 is 5.66. The van der Waals surface area contributed by atoms with Gasteiger partial charge in [0, 0.05) is 11.4 Å². The molecule has 5 aliphatic carbocycles. The van der Waals surface area contributed by atoms with Crippen LogP contribution in [0.1, 0.15) is 77.6 Å². The fourth-order valence-corrected chi connectivity index (χ4v) is 7.04. The molecule has 0 aromatic carbocycles. The van der Waals surface area contributed by atoms with Gasteiger partial charge in [0.05, 0.1) is 5.41 Å². The molecule has 0 unspecified atom stereocenters. The van der Waals surface area contributed by atoms with E-state index in [0.717, 1.165) is 51.4 Å². The first kappa shape index (κ1) is 19.3. The molecule has 150 valence electrons. The Morgan fingerprint density at radius 2 is 2.00 bits per heavy atom. The molecule has 4 saturated carbocycles. The summed E-state index contributed by atoms with van der Waals surface area (Å²) in [5.74, 6) is 0.706. The summed E-state index contributed by atoms with van der Waals surface area (Å²) in [5.41, 5.74) is 0.986. The summed E-state index contributed by atoms with van der Waals surface area (Å²) in [6.45, 7) is 2.30. The van der Waals surface area contributed by atoms with E-state index in [2.05, 4.69) is 11.4 Å². The molecule has 4 bridgehead atoms. The van der Waals surface area contributed by atoms with Crippen molar-refractivity contribution < 1.29 is 14.3 Å². The quantitative estimate of drug-likeness (QED) is 0.410. The first-order valence-corrected chi connectivity index (χ1v) is 11.1. The van der Waals surface area contributed by atoms with Crippen molar-refractivity contribution in [1.82, 2.24) is 5.32 Å². The molecule has 0 spiro atoms. The van der Waals surface area contributed by atoms with E-state index in [-0.39, 0.29) is 16.8 Å². The SMILES string of the molecule is C[C@H](OC(=O)C12C[C@@H]3C[C@H](CC(Cl)(C3)C1)C2)C(=O)NCCC1=CCCCC1. The zero-order chi connectivity index (χ0) is 19.1. The zero-order valence-electron chi connectivity index (χ0n) is 16.4. The molecule has 0 aromatic rings. The Bertz CT molecular complexity index is 629. The van der Waals surface area contributed by atoms with Crippen molar-refractivity contribution in [2.45, 2.75) is 88.5 Å². The predicted molar refractivity (Wildman–Crippen MR) is 105 cm³/mol. The van der Waals surface area contributed by atoms with Gasteiger partial charge in [-0.2, -0.15) is 0 Å². The lowest BCUT2D eigenvalue weighted by molar-refractivity contribution is -0.177. The van der Waals surface area contributed by atoms with Crippen molar-refractivity contribution in [3.05, 3.63) is 11.6 Å². The second-order valence-electron chi connectivity index (χ2n) is 9.59. The number of rotatable bonds is 6. The molecule has 0 aliphatic heterocycles. The lowest BCUT2D eigenvalue weighted by Crippen LogP contribution is -2.57. The van der Waals surface area contributed by atoms with Gasteiger partial charge in [0.1, 0.15) is 0 Å². The molecular weight excluding hydrogens is 362 g/mol. The molecule has 27 heavy (non-hydrogen) atoms. The third-order valence-electron chi connectivity index (χ3n) is 7.21. The minimum atomic E-state index is -0.739. The Morgan fingerprint density at radius 3 is 2.63 bits per heavy atom. The number of amides is 1. The van der Waals surface area contributed by atoms with Crippen LogP contribution in [0.4, 0.5) is 0 Å². The normalized spacial score (nSPS) is 38.2. The molecule has 4 nitrogen and oxygen atoms in total. The van der Waals surface area contributed by atoms with Crippen molar-refractivity contribution in [2.24, 2.45) is 17.3 Å². The Morgan fingerprint density at radius 1 is 1.26 bits per heavy atom. The number of hydrogen-bond acceptors (Lipinski definition) is 3. The molecule has 5 aliphatic rings. The van der Waals surface area contributed by atoms with Crippen LogP contribution in [0.5, 0.6) is 0 Å². The molecule has 0 heterocycles. The standard InChI is InChI=1S/C22H32ClNO3/c1-15(19(25)24-8-7-16-5-3-2-4-6-16)27-20(26)21-10-17-9-18(11-21)13-22(23,12-17)14-21/h5,15,17-18H,2-4,6-14H2,1H3,(H,24,25)/t15-,17-,18-,21?,22?/m0/s1. The van der Waals surface area contributed by atoms with E-state index in [9.17, 15) is 9.59 Å². The number of esters is 1. The van der Waals surface area contributed by atoms with E-state index in [1.54, 1.807) is 6.92 Å². The van der Waals surface area contributed by atoms with Gasteiger partial charge in [-0.3, -0.25) is 9.59 Å². The van der Waals surface area contributed by atoms with Gasteiger partial charge < -0.3 is 10.1 Å². The number of allylic oxidation sites excluding steroid dienone is 1. The van der Waals surface area contributed by atoms with E-state index >= 15 is 0 Å². The second-order valence-corrected chi connectivity index (χ2v) is 10.4. The van der Waals surface area contributed by atoms with E-state index in [4.69, 9.17) is 16.3 Å². The van der Waals surface area contributed by atoms with Crippen LogP contribution in [0.25, 0.3) is 0 Å². The Kier molecular flexibility index (Phi) is 5.30. The number of ether oxygens (including phenoxy) is 1. The Balaban J connectivity index is 1.28. The molecule has 4 fully saturated rings. The summed E-state index contributed by atoms with van der Waals surface area (Å²) in [6.07, 6.45) is 13.0. The highest BCUT2D eigenvalue weighted by Crippen LogP contribution is 2.64. The number of alkyl halides is 1. The topological polar surface area (TPSA) is 55.4 Å². The highest BCUT2D eigenvalue weighted by Gasteiger charge is 2.61. The summed E-state index contributed by atoms with van der Waals surface area (Å²) >= 11 is 6.81. The van der Waals surface area contributed by atoms with E-state index in [1.807, 2.05) is 0 Å². The van der Waals surface area contributed by atoms with Gasteiger partial charge in [-0.05, 0) is 89.4 Å². The van der Waals surface area contributed by atoms with E-state index < -0.39 is 11.5 Å². The number of hydrogen-bond donors (Lipinski definition) is 1. The highest BCUT2D eigenvalue weighted by molar-refractivity contribution is 6.24. The van der Waals surface area contributed by atoms with Crippen LogP contribution in [0.2, 0.25) is 0 Å². The van der Waals surface area contributed by atoms with Gasteiger partial charge >= 0.3 is 5.97 Å². The second kappa shape index (κ2) is 7.42. The van der Waals surface area contributed by atoms with Crippen LogP contribution in [-0.4, -0.2) is 29.4 Å². The van der Waals surface area contributed by atoms with Gasteiger partial charge in [-0.1, -0.05) is 11.6 Å². The smallest absolute Gasteiger partial charge is 0.312 e. The number of nitrogens with one attached hydrogen (secondary N) is 1. The maximum Gasteiger partial charge on any atom is 0.312 e. The predicted octanol–water partition coefficient (Wildman–Crippen LogP) is 4.50. The molecular formula is C22H32ClNO3. The van der Waals surface area contributed by atoms with Crippen LogP contribution < -0.4 is 5.32 Å². The molecule has 3 atom stereocenters. The zero-order valence-corrected chi connectivity index (χ0v) is 17.2. The monoisotopic (exact) mass is 393 g/mol. The van der Waals surface area contributed by atoms with E-state index in [0.29, 0.717) is 18.4 Å². The summed E-state index contributed by atoms with van der Waals surface area (Å²) in [4.78, 5) is 25.2. The largest absolute Gasteiger partial charge is 0.452 e. The van der Waals surface area contributed by atoms with E-state index in [1.165, 1.54) is 24.8 Å². The number of carbonyl (C=O) groups is 2. The first-order valence-electron chi connectivity index (χ1n) is 10.7. The van der Waals surface area contributed by atoms with Crippen molar-refractivity contribution in [1.29, 1.82) is 0 Å². The minimum Gasteiger partial charge on any atom is -0.452 e. The Labute approximate surface area is 167 Å². The van der Waals surface area contributed by atoms with Crippen LogP contribution in [0.15, 0.2) is 11.6 Å². The van der Waals surface area contributed by atoms with Crippen molar-refractivity contribution >= 4 is 23.5 Å². The van der Waals surface area contributed by atoms with Gasteiger partial charge in [-0.25, -0.2) is 0 Å². The molecule has 1 amide bonds. The van der Waals surface area contributed by atoms with Crippen molar-refractivity contribution in [3.63, 3.8) is 0 Å². The molecule has 5 heteroatoms. The van der Waals surface area contributed by atoms with Crippen LogP contribution in [0.3, 0.4) is 0 Å². The van der Waals surface area contributed by atoms with Gasteiger partial charge in [0.15, 0.2) is 6.10 Å². The third-order valence-corrected chi connectivity index (χ3v) is 7.65. The van der Waals surface area contributed by atoms with Gasteiger partial charge in [0.2, 0.25) is 0 Å². The third kappa shape index (κ3) is 4.06. The van der Waals surface area contributed by atoms with Crippen LogP contribution >= 0.6 is 11.6 Å². The van der Waals surface area contributed by atoms with Crippen molar-refractivity contribution in [3.8, 4) is 0 Å². The maximum atomic E-state index is 13.0. The minimum absolute atomic E-state index is 0.190. The lowest BCUT2D eigenvalue weighted by Gasteiger charge is -2.58. The lowest BCUT2D eigenvalue weighted by atomic mass is 9.49. The summed E-state index contributed by atoms with van der Waals surface area (Å²) in [7, 11) is 0. The average Bonchev–Trinajstić information content (AvgIpc) is 2.60. The first-order chi connectivity index (χ1) is 12.9. The molecule has 0 aromatic heterocycles. The molecule has 0 saturated heterocycles. The Hall–Kier alpha value is -1.03. The fourth-order valence-electron chi connectivity index (χ4n) is 6.35. The number of halogens is 1. The summed E-state index contributed by atoms with van der Waals surface area (Å²) in [6, 6.07) is 0. The molecule has 5 rings (SSSR count). The molecule has 1 N–H and O–H groups in total. The van der Waals surface area contributed by atoms with Gasteiger partial charge in [-0.15, -0.1) is 11.6 Å². The average molecular weight is 394 g/mol. The highest BCUT2D eigenvalue weighted by atomic mass is 35.5. The molecule has 0 radical (unpaired) electrons. The summed E-state index contributed by atoms with van der Waals surface area (Å²) in [5, 5.41) is 2.93. The van der Waals surface area contributed by atoms with Crippen LogP contribution in [-0.2, 0) is 14.3 Å². The number of carbonyl (C=O) groups excluding carboxylic acids is 2. The van der Waals surface area contributed by atoms with Gasteiger partial charge in [0.25, 0.3) is 5.91 Å². The maximum absolute atomic E-state index is 13.0.